The van der Waals surface area contributed by atoms with E-state index in [1.807, 2.05) is 12.4 Å². The number of aromatic nitrogens is 1. The summed E-state index contributed by atoms with van der Waals surface area (Å²) >= 11 is 0. The van der Waals surface area contributed by atoms with Crippen molar-refractivity contribution in [1.29, 1.82) is 0 Å². The van der Waals surface area contributed by atoms with Gasteiger partial charge in [0.15, 0.2) is 0 Å². The Balaban J connectivity index is 1.83. The van der Waals surface area contributed by atoms with Crippen LogP contribution in [0.1, 0.15) is 30.9 Å². The summed E-state index contributed by atoms with van der Waals surface area (Å²) in [6, 6.07) is 5.27. The Morgan fingerprint density at radius 2 is 2.00 bits per heavy atom. The van der Waals surface area contributed by atoms with Crippen LogP contribution in [0.15, 0.2) is 24.5 Å². The maximum Gasteiger partial charge on any atom is 0.0507 e. The number of hydrazine groups is 1. The minimum absolute atomic E-state index is 0.290. The fourth-order valence-corrected chi connectivity index (χ4v) is 3.05. The summed E-state index contributed by atoms with van der Waals surface area (Å²) in [6.45, 7) is 0. The number of hydrogen-bond acceptors (Lipinski definition) is 4. The lowest BCUT2D eigenvalue weighted by molar-refractivity contribution is 0.273. The zero-order valence-corrected chi connectivity index (χ0v) is 9.26. The Hall–Kier alpha value is -0.970. The van der Waals surface area contributed by atoms with E-state index in [9.17, 15) is 0 Å². The molecule has 1 aromatic rings. The van der Waals surface area contributed by atoms with Crippen LogP contribution in [0.5, 0.6) is 0 Å². The SMILES string of the molecule is NC1CCCC2C(c3ccncc3)NNC12. The summed E-state index contributed by atoms with van der Waals surface area (Å²) in [5, 5.41) is 0. The van der Waals surface area contributed by atoms with Gasteiger partial charge in [0.05, 0.1) is 6.04 Å². The van der Waals surface area contributed by atoms with E-state index in [1.54, 1.807) is 0 Å². The first kappa shape index (κ1) is 10.2. The Morgan fingerprint density at radius 3 is 2.81 bits per heavy atom. The molecule has 2 fully saturated rings. The molecule has 2 aliphatic rings. The van der Waals surface area contributed by atoms with Crippen LogP contribution in [0.2, 0.25) is 0 Å². The molecule has 4 heteroatoms. The molecular weight excluding hydrogens is 200 g/mol. The van der Waals surface area contributed by atoms with Gasteiger partial charge in [-0.2, -0.15) is 0 Å². The highest BCUT2D eigenvalue weighted by Crippen LogP contribution is 2.37. The van der Waals surface area contributed by atoms with Gasteiger partial charge in [-0.15, -0.1) is 0 Å². The van der Waals surface area contributed by atoms with Crippen LogP contribution in [0.3, 0.4) is 0 Å². The number of hydrogen-bond donors (Lipinski definition) is 3. The van der Waals surface area contributed by atoms with E-state index >= 15 is 0 Å². The predicted octanol–water partition coefficient (Wildman–Crippen LogP) is 0.726. The minimum atomic E-state index is 0.290. The standard InChI is InChI=1S/C12H18N4/c13-10-3-1-2-9-11(15-16-12(9)10)8-4-6-14-7-5-8/h4-7,9-12,15-16H,1-3,13H2. The van der Waals surface area contributed by atoms with Crippen molar-refractivity contribution in [2.24, 2.45) is 11.7 Å². The maximum atomic E-state index is 6.15. The highest BCUT2D eigenvalue weighted by atomic mass is 15.4. The van der Waals surface area contributed by atoms with Crippen molar-refractivity contribution in [3.8, 4) is 0 Å². The zero-order chi connectivity index (χ0) is 11.0. The van der Waals surface area contributed by atoms with E-state index in [-0.39, 0.29) is 6.04 Å². The van der Waals surface area contributed by atoms with E-state index in [4.69, 9.17) is 5.73 Å². The van der Waals surface area contributed by atoms with E-state index < -0.39 is 0 Å². The second-order valence-corrected chi connectivity index (χ2v) is 4.83. The number of pyridine rings is 1. The second kappa shape index (κ2) is 4.13. The van der Waals surface area contributed by atoms with Gasteiger partial charge in [-0.1, -0.05) is 6.42 Å². The molecule has 4 nitrogen and oxygen atoms in total. The van der Waals surface area contributed by atoms with Crippen LogP contribution in [-0.2, 0) is 0 Å². The van der Waals surface area contributed by atoms with E-state index in [0.717, 1.165) is 6.42 Å². The van der Waals surface area contributed by atoms with E-state index in [2.05, 4.69) is 28.0 Å². The molecule has 16 heavy (non-hydrogen) atoms. The summed E-state index contributed by atoms with van der Waals surface area (Å²) in [6.07, 6.45) is 7.34. The molecular formula is C12H18N4. The molecule has 1 saturated carbocycles. The van der Waals surface area contributed by atoms with Crippen LogP contribution in [0, 0.1) is 5.92 Å². The molecule has 3 rings (SSSR count). The molecule has 0 radical (unpaired) electrons. The van der Waals surface area contributed by atoms with Crippen molar-refractivity contribution in [3.63, 3.8) is 0 Å². The van der Waals surface area contributed by atoms with Gasteiger partial charge < -0.3 is 5.73 Å². The largest absolute Gasteiger partial charge is 0.326 e. The Labute approximate surface area is 95.6 Å². The van der Waals surface area contributed by atoms with Gasteiger partial charge in [0.25, 0.3) is 0 Å². The molecule has 4 atom stereocenters. The Kier molecular flexibility index (Phi) is 2.63. The topological polar surface area (TPSA) is 63.0 Å². The minimum Gasteiger partial charge on any atom is -0.326 e. The molecule has 0 bridgehead atoms. The fraction of sp³-hybridized carbons (Fsp3) is 0.583. The molecule has 86 valence electrons. The summed E-state index contributed by atoms with van der Waals surface area (Å²) in [5.74, 6) is 0.617. The average molecular weight is 218 g/mol. The summed E-state index contributed by atoms with van der Waals surface area (Å²) in [7, 11) is 0. The van der Waals surface area contributed by atoms with Crippen LogP contribution < -0.4 is 16.6 Å². The van der Waals surface area contributed by atoms with Gasteiger partial charge in [-0.05, 0) is 36.5 Å². The molecule has 4 unspecified atom stereocenters. The van der Waals surface area contributed by atoms with Crippen molar-refractivity contribution >= 4 is 0 Å². The molecule has 4 N–H and O–H groups in total. The lowest BCUT2D eigenvalue weighted by atomic mass is 9.77. The number of nitrogens with zero attached hydrogens (tertiary/aromatic N) is 1. The van der Waals surface area contributed by atoms with Crippen molar-refractivity contribution in [1.82, 2.24) is 15.8 Å². The number of fused-ring (bicyclic) bond motifs is 1. The third-order valence-corrected chi connectivity index (χ3v) is 3.90. The molecule has 1 aromatic heterocycles. The third kappa shape index (κ3) is 1.63. The van der Waals surface area contributed by atoms with Gasteiger partial charge in [0.2, 0.25) is 0 Å². The lowest BCUT2D eigenvalue weighted by Crippen LogP contribution is -2.48. The molecule has 1 aliphatic carbocycles. The summed E-state index contributed by atoms with van der Waals surface area (Å²) in [4.78, 5) is 4.06. The summed E-state index contributed by atoms with van der Waals surface area (Å²) < 4.78 is 0. The molecule has 2 heterocycles. The molecule has 0 spiro atoms. The fourth-order valence-electron chi connectivity index (χ4n) is 3.05. The smallest absolute Gasteiger partial charge is 0.0507 e. The van der Waals surface area contributed by atoms with E-state index in [1.165, 1.54) is 18.4 Å². The third-order valence-electron chi connectivity index (χ3n) is 3.90. The first-order valence-corrected chi connectivity index (χ1v) is 6.03. The van der Waals surface area contributed by atoms with Crippen LogP contribution in [-0.4, -0.2) is 17.1 Å². The predicted molar refractivity (Wildman–Crippen MR) is 62.4 cm³/mol. The summed E-state index contributed by atoms with van der Waals surface area (Å²) in [5.41, 5.74) is 14.2. The maximum absolute atomic E-state index is 6.15. The number of rotatable bonds is 1. The first-order chi connectivity index (χ1) is 7.86. The zero-order valence-electron chi connectivity index (χ0n) is 9.26. The van der Waals surface area contributed by atoms with Gasteiger partial charge >= 0.3 is 0 Å². The molecule has 1 aliphatic heterocycles. The van der Waals surface area contributed by atoms with Gasteiger partial charge in [-0.3, -0.25) is 10.4 Å². The number of nitrogens with one attached hydrogen (secondary N) is 2. The van der Waals surface area contributed by atoms with Crippen molar-refractivity contribution in [2.45, 2.75) is 37.4 Å². The molecule has 0 amide bonds. The molecule has 0 aromatic carbocycles. The second-order valence-electron chi connectivity index (χ2n) is 4.83. The van der Waals surface area contributed by atoms with Crippen molar-refractivity contribution in [2.75, 3.05) is 0 Å². The van der Waals surface area contributed by atoms with E-state index in [0.29, 0.717) is 18.0 Å². The molecule has 1 saturated heterocycles. The van der Waals surface area contributed by atoms with Gasteiger partial charge in [-0.25, -0.2) is 5.43 Å². The highest BCUT2D eigenvalue weighted by molar-refractivity contribution is 5.19. The number of nitrogens with two attached hydrogens (primary N) is 1. The van der Waals surface area contributed by atoms with Crippen LogP contribution >= 0.6 is 0 Å². The normalized spacial score (nSPS) is 38.3. The lowest BCUT2D eigenvalue weighted by Gasteiger charge is -2.32. The quantitative estimate of drug-likeness (QED) is 0.650. The van der Waals surface area contributed by atoms with Gasteiger partial charge in [0.1, 0.15) is 0 Å². The average Bonchev–Trinajstić information content (AvgIpc) is 2.75. The van der Waals surface area contributed by atoms with Crippen molar-refractivity contribution in [3.05, 3.63) is 30.1 Å². The monoisotopic (exact) mass is 218 g/mol. The Bertz CT molecular complexity index is 353. The van der Waals surface area contributed by atoms with Crippen LogP contribution in [0.4, 0.5) is 0 Å². The highest BCUT2D eigenvalue weighted by Gasteiger charge is 2.41. The first-order valence-electron chi connectivity index (χ1n) is 6.03. The van der Waals surface area contributed by atoms with Crippen LogP contribution in [0.25, 0.3) is 0 Å². The van der Waals surface area contributed by atoms with Crippen molar-refractivity contribution < 1.29 is 0 Å². The Morgan fingerprint density at radius 1 is 1.19 bits per heavy atom. The van der Waals surface area contributed by atoms with Gasteiger partial charge in [0, 0.05) is 24.5 Å².